The highest BCUT2D eigenvalue weighted by atomic mass is 16.5. The van der Waals surface area contributed by atoms with Crippen LogP contribution in [0.1, 0.15) is 19.5 Å². The van der Waals surface area contributed by atoms with Crippen molar-refractivity contribution in [3.63, 3.8) is 0 Å². The Bertz CT molecular complexity index is 326. The van der Waals surface area contributed by atoms with Gasteiger partial charge in [-0.05, 0) is 12.5 Å². The molecular formula is C12H19N3O. The van der Waals surface area contributed by atoms with Crippen molar-refractivity contribution in [2.24, 2.45) is 5.92 Å². The molecule has 0 aliphatic carbocycles. The lowest BCUT2D eigenvalue weighted by molar-refractivity contribution is 0.345. The zero-order chi connectivity index (χ0) is 11.8. The molecule has 1 heterocycles. The number of aromatic nitrogens is 2. The number of nitrogens with one attached hydrogen (secondary N) is 1. The summed E-state index contributed by atoms with van der Waals surface area (Å²) in [7, 11) is 0. The second-order valence-electron chi connectivity index (χ2n) is 3.97. The summed E-state index contributed by atoms with van der Waals surface area (Å²) in [6.45, 7) is 10.1. The number of hydrogen-bond donors (Lipinski definition) is 1. The topological polar surface area (TPSA) is 47.0 Å². The fraction of sp³-hybridized carbons (Fsp3) is 0.500. The van der Waals surface area contributed by atoms with Gasteiger partial charge in [-0.15, -0.1) is 0 Å². The van der Waals surface area contributed by atoms with Gasteiger partial charge in [-0.1, -0.05) is 26.5 Å². The van der Waals surface area contributed by atoms with Crippen LogP contribution in [0.25, 0.3) is 0 Å². The standard InChI is InChI=1S/C12H19N3O/c1-4-5-16-12-9-14-8-11(15-12)7-13-6-10(2)3/h4,8-10,13H,1,5-7H2,2-3H3. The Balaban J connectivity index is 2.43. The lowest BCUT2D eigenvalue weighted by atomic mass is 10.2. The van der Waals surface area contributed by atoms with Crippen molar-refractivity contribution in [3.8, 4) is 5.88 Å². The number of rotatable bonds is 7. The number of nitrogens with zero attached hydrogens (tertiary/aromatic N) is 2. The fourth-order valence-electron chi connectivity index (χ4n) is 1.17. The van der Waals surface area contributed by atoms with Gasteiger partial charge in [0.2, 0.25) is 5.88 Å². The van der Waals surface area contributed by atoms with Crippen molar-refractivity contribution in [3.05, 3.63) is 30.7 Å². The van der Waals surface area contributed by atoms with E-state index in [4.69, 9.17) is 4.74 Å². The van der Waals surface area contributed by atoms with E-state index in [1.807, 2.05) is 0 Å². The van der Waals surface area contributed by atoms with Crippen LogP contribution in [-0.4, -0.2) is 23.1 Å². The van der Waals surface area contributed by atoms with Crippen LogP contribution in [0.4, 0.5) is 0 Å². The third-order valence-electron chi connectivity index (χ3n) is 1.87. The Labute approximate surface area is 96.8 Å². The Morgan fingerprint density at radius 1 is 1.50 bits per heavy atom. The van der Waals surface area contributed by atoms with E-state index >= 15 is 0 Å². The molecule has 0 aliphatic heterocycles. The van der Waals surface area contributed by atoms with E-state index in [1.165, 1.54) is 0 Å². The quantitative estimate of drug-likeness (QED) is 0.713. The molecule has 1 aromatic heterocycles. The summed E-state index contributed by atoms with van der Waals surface area (Å²) >= 11 is 0. The second-order valence-corrected chi connectivity index (χ2v) is 3.97. The van der Waals surface area contributed by atoms with Crippen LogP contribution in [0.3, 0.4) is 0 Å². The summed E-state index contributed by atoms with van der Waals surface area (Å²) in [6.07, 6.45) is 5.04. The maximum absolute atomic E-state index is 5.30. The van der Waals surface area contributed by atoms with Crippen LogP contribution in [0.5, 0.6) is 5.88 Å². The number of hydrogen-bond acceptors (Lipinski definition) is 4. The van der Waals surface area contributed by atoms with Crippen LogP contribution in [0.15, 0.2) is 25.0 Å². The summed E-state index contributed by atoms with van der Waals surface area (Å²) < 4.78 is 5.30. The molecule has 88 valence electrons. The molecule has 1 N–H and O–H groups in total. The lowest BCUT2D eigenvalue weighted by Gasteiger charge is -2.07. The van der Waals surface area contributed by atoms with Crippen LogP contribution < -0.4 is 10.1 Å². The van der Waals surface area contributed by atoms with E-state index in [1.54, 1.807) is 18.5 Å². The molecule has 0 fully saturated rings. The van der Waals surface area contributed by atoms with Gasteiger partial charge in [-0.2, -0.15) is 0 Å². The third-order valence-corrected chi connectivity index (χ3v) is 1.87. The summed E-state index contributed by atoms with van der Waals surface area (Å²) in [5.74, 6) is 1.18. The first-order valence-corrected chi connectivity index (χ1v) is 5.47. The van der Waals surface area contributed by atoms with Gasteiger partial charge in [0.25, 0.3) is 0 Å². The van der Waals surface area contributed by atoms with Crippen molar-refractivity contribution in [2.45, 2.75) is 20.4 Å². The maximum Gasteiger partial charge on any atom is 0.232 e. The van der Waals surface area contributed by atoms with Crippen molar-refractivity contribution in [1.29, 1.82) is 0 Å². The van der Waals surface area contributed by atoms with Crippen molar-refractivity contribution >= 4 is 0 Å². The Morgan fingerprint density at radius 3 is 3.00 bits per heavy atom. The van der Waals surface area contributed by atoms with Gasteiger partial charge in [0.05, 0.1) is 11.9 Å². The summed E-state index contributed by atoms with van der Waals surface area (Å²) in [6, 6.07) is 0. The molecule has 0 amide bonds. The number of ether oxygens (including phenoxy) is 1. The molecule has 1 rings (SSSR count). The molecule has 0 saturated carbocycles. The van der Waals surface area contributed by atoms with E-state index in [2.05, 4.69) is 35.7 Å². The molecule has 1 aromatic rings. The smallest absolute Gasteiger partial charge is 0.232 e. The molecule has 4 heteroatoms. The highest BCUT2D eigenvalue weighted by Gasteiger charge is 1.99. The monoisotopic (exact) mass is 221 g/mol. The van der Waals surface area contributed by atoms with E-state index in [9.17, 15) is 0 Å². The van der Waals surface area contributed by atoms with Crippen LogP contribution in [0.2, 0.25) is 0 Å². The van der Waals surface area contributed by atoms with E-state index in [0.717, 1.165) is 18.8 Å². The summed E-state index contributed by atoms with van der Waals surface area (Å²) in [5, 5.41) is 3.31. The van der Waals surface area contributed by atoms with Gasteiger partial charge >= 0.3 is 0 Å². The predicted molar refractivity (Wildman–Crippen MR) is 64.3 cm³/mol. The van der Waals surface area contributed by atoms with E-state index in [0.29, 0.717) is 18.4 Å². The molecule has 0 bridgehead atoms. The van der Waals surface area contributed by atoms with Gasteiger partial charge in [-0.25, -0.2) is 4.98 Å². The predicted octanol–water partition coefficient (Wildman–Crippen LogP) is 1.79. The highest BCUT2D eigenvalue weighted by molar-refractivity contribution is 5.08. The molecule has 0 radical (unpaired) electrons. The Hall–Kier alpha value is -1.42. The van der Waals surface area contributed by atoms with Crippen molar-refractivity contribution in [2.75, 3.05) is 13.2 Å². The molecule has 4 nitrogen and oxygen atoms in total. The molecule has 0 spiro atoms. The zero-order valence-electron chi connectivity index (χ0n) is 9.94. The SMILES string of the molecule is C=CCOc1cncc(CNCC(C)C)n1. The van der Waals surface area contributed by atoms with Gasteiger partial charge in [0.1, 0.15) is 6.61 Å². The highest BCUT2D eigenvalue weighted by Crippen LogP contribution is 2.04. The third kappa shape index (κ3) is 4.89. The minimum Gasteiger partial charge on any atom is -0.472 e. The molecule has 16 heavy (non-hydrogen) atoms. The first kappa shape index (κ1) is 12.6. The van der Waals surface area contributed by atoms with Gasteiger partial charge < -0.3 is 10.1 Å². The molecule has 0 saturated heterocycles. The van der Waals surface area contributed by atoms with Gasteiger partial charge in [0.15, 0.2) is 0 Å². The Kier molecular flexibility index (Phi) is 5.50. The average molecular weight is 221 g/mol. The first-order chi connectivity index (χ1) is 7.72. The largest absolute Gasteiger partial charge is 0.472 e. The summed E-state index contributed by atoms with van der Waals surface area (Å²) in [4.78, 5) is 8.39. The molecule has 0 unspecified atom stereocenters. The van der Waals surface area contributed by atoms with Gasteiger partial charge in [0, 0.05) is 12.7 Å². The molecule has 0 aromatic carbocycles. The first-order valence-electron chi connectivity index (χ1n) is 5.47. The molecular weight excluding hydrogens is 202 g/mol. The fourth-order valence-corrected chi connectivity index (χ4v) is 1.17. The summed E-state index contributed by atoms with van der Waals surface area (Å²) in [5.41, 5.74) is 0.891. The molecule has 0 aliphatic rings. The normalized spacial score (nSPS) is 10.4. The average Bonchev–Trinajstić information content (AvgIpc) is 2.26. The van der Waals surface area contributed by atoms with Crippen LogP contribution in [-0.2, 0) is 6.54 Å². The lowest BCUT2D eigenvalue weighted by Crippen LogP contribution is -2.19. The van der Waals surface area contributed by atoms with E-state index in [-0.39, 0.29) is 0 Å². The van der Waals surface area contributed by atoms with Gasteiger partial charge in [-0.3, -0.25) is 4.98 Å². The van der Waals surface area contributed by atoms with Crippen molar-refractivity contribution < 1.29 is 4.74 Å². The van der Waals surface area contributed by atoms with Crippen LogP contribution >= 0.6 is 0 Å². The van der Waals surface area contributed by atoms with Crippen LogP contribution in [0, 0.1) is 5.92 Å². The molecule has 0 atom stereocenters. The zero-order valence-corrected chi connectivity index (χ0v) is 9.94. The second kappa shape index (κ2) is 6.95. The Morgan fingerprint density at radius 2 is 2.31 bits per heavy atom. The minimum absolute atomic E-state index is 0.456. The maximum atomic E-state index is 5.30. The van der Waals surface area contributed by atoms with Crippen molar-refractivity contribution in [1.82, 2.24) is 15.3 Å². The van der Waals surface area contributed by atoms with E-state index < -0.39 is 0 Å². The minimum atomic E-state index is 0.456.